The Bertz CT molecular complexity index is 963. The highest BCUT2D eigenvalue weighted by Crippen LogP contribution is 2.21. The zero-order chi connectivity index (χ0) is 18.8. The second kappa shape index (κ2) is 7.48. The van der Waals surface area contributed by atoms with Crippen molar-refractivity contribution in [3.8, 4) is 5.69 Å². The fourth-order valence-electron chi connectivity index (χ4n) is 3.19. The van der Waals surface area contributed by atoms with Gasteiger partial charge in [-0.25, -0.2) is 9.67 Å². The van der Waals surface area contributed by atoms with Gasteiger partial charge in [-0.15, -0.1) is 5.10 Å². The molecule has 1 aliphatic rings. The van der Waals surface area contributed by atoms with Gasteiger partial charge in [-0.05, 0) is 50.1 Å². The first-order chi connectivity index (χ1) is 13.1. The van der Waals surface area contributed by atoms with Crippen molar-refractivity contribution in [1.82, 2.24) is 20.0 Å². The maximum Gasteiger partial charge on any atom is 0.279 e. The number of hydrogen-bond acceptors (Lipinski definition) is 5. The lowest BCUT2D eigenvalue weighted by Crippen LogP contribution is -2.18. The third-order valence-electron chi connectivity index (χ3n) is 4.62. The highest BCUT2D eigenvalue weighted by molar-refractivity contribution is 9.10. The number of carbonyl (C=O) groups excluding carboxylic acids is 1. The van der Waals surface area contributed by atoms with Crippen LogP contribution >= 0.6 is 15.9 Å². The van der Waals surface area contributed by atoms with Gasteiger partial charge in [-0.2, -0.15) is 0 Å². The Kier molecular flexibility index (Phi) is 4.89. The number of hydrogen-bond donors (Lipinski definition) is 1. The number of benzene rings is 1. The van der Waals surface area contributed by atoms with Gasteiger partial charge in [-0.1, -0.05) is 27.2 Å². The fraction of sp³-hybridized carbons (Fsp3) is 0.263. The van der Waals surface area contributed by atoms with Crippen molar-refractivity contribution in [3.05, 3.63) is 58.5 Å². The Hall–Kier alpha value is -2.74. The van der Waals surface area contributed by atoms with Crippen LogP contribution in [0.25, 0.3) is 5.69 Å². The number of nitrogens with zero attached hydrogens (tertiary/aromatic N) is 5. The maximum atomic E-state index is 12.6. The van der Waals surface area contributed by atoms with Crippen LogP contribution in [0.4, 0.5) is 11.5 Å². The average Bonchev–Trinajstić information content (AvgIpc) is 3.32. The lowest BCUT2D eigenvalue weighted by atomic mass is 10.3. The molecule has 0 bridgehead atoms. The molecule has 3 aromatic rings. The Morgan fingerprint density at radius 3 is 2.67 bits per heavy atom. The first-order valence-corrected chi connectivity index (χ1v) is 9.62. The SMILES string of the molecule is Cc1c(C(=O)Nc2ccc(N3CCCC3)cn2)nnn1-c1cccc(Br)c1. The highest BCUT2D eigenvalue weighted by Gasteiger charge is 2.18. The standard InChI is InChI=1S/C19H19BrN6O/c1-13-18(23-24-26(13)15-6-4-5-14(20)11-15)19(27)22-17-8-7-16(12-21-17)25-9-2-3-10-25/h4-8,11-12H,2-3,9-10H2,1H3,(H,21,22,27). The molecule has 8 heteroatoms. The Labute approximate surface area is 165 Å². The van der Waals surface area contributed by atoms with E-state index in [4.69, 9.17) is 0 Å². The second-order valence-corrected chi connectivity index (χ2v) is 7.38. The summed E-state index contributed by atoms with van der Waals surface area (Å²) in [5.74, 6) is 0.175. The summed E-state index contributed by atoms with van der Waals surface area (Å²) in [6.07, 6.45) is 4.23. The van der Waals surface area contributed by atoms with Gasteiger partial charge < -0.3 is 10.2 Å². The van der Waals surface area contributed by atoms with Crippen molar-refractivity contribution in [2.24, 2.45) is 0 Å². The number of amides is 1. The minimum Gasteiger partial charge on any atom is -0.370 e. The molecule has 1 amide bonds. The monoisotopic (exact) mass is 426 g/mol. The first-order valence-electron chi connectivity index (χ1n) is 8.82. The lowest BCUT2D eigenvalue weighted by molar-refractivity contribution is 0.102. The molecule has 1 N–H and O–H groups in total. The zero-order valence-corrected chi connectivity index (χ0v) is 16.5. The molecule has 3 heterocycles. The summed E-state index contributed by atoms with van der Waals surface area (Å²) in [6.45, 7) is 3.94. The van der Waals surface area contributed by atoms with E-state index in [2.05, 4.69) is 41.4 Å². The highest BCUT2D eigenvalue weighted by atomic mass is 79.9. The Morgan fingerprint density at radius 2 is 1.96 bits per heavy atom. The molecular formula is C19H19BrN6O. The molecule has 138 valence electrons. The summed E-state index contributed by atoms with van der Waals surface area (Å²) in [5.41, 5.74) is 2.86. The van der Waals surface area contributed by atoms with Gasteiger partial charge in [0, 0.05) is 17.6 Å². The van der Waals surface area contributed by atoms with Crippen LogP contribution in [0, 0.1) is 6.92 Å². The van der Waals surface area contributed by atoms with Gasteiger partial charge in [0.25, 0.3) is 5.91 Å². The predicted octanol–water partition coefficient (Wildman–Crippen LogP) is 3.59. The Balaban J connectivity index is 1.50. The third kappa shape index (κ3) is 3.71. The molecule has 2 aromatic heterocycles. The molecule has 0 spiro atoms. The van der Waals surface area contributed by atoms with Crippen molar-refractivity contribution >= 4 is 33.3 Å². The molecule has 4 rings (SSSR count). The van der Waals surface area contributed by atoms with Crippen molar-refractivity contribution < 1.29 is 4.79 Å². The van der Waals surface area contributed by atoms with E-state index >= 15 is 0 Å². The van der Waals surface area contributed by atoms with E-state index in [-0.39, 0.29) is 11.6 Å². The number of pyridine rings is 1. The average molecular weight is 427 g/mol. The number of anilines is 2. The van der Waals surface area contributed by atoms with E-state index in [1.807, 2.05) is 43.3 Å². The van der Waals surface area contributed by atoms with Crippen molar-refractivity contribution in [1.29, 1.82) is 0 Å². The van der Waals surface area contributed by atoms with Gasteiger partial charge in [0.2, 0.25) is 0 Å². The quantitative estimate of drug-likeness (QED) is 0.689. The molecule has 0 saturated carbocycles. The largest absolute Gasteiger partial charge is 0.370 e. The number of halogens is 1. The summed E-state index contributed by atoms with van der Waals surface area (Å²) < 4.78 is 2.58. The summed E-state index contributed by atoms with van der Waals surface area (Å²) in [7, 11) is 0. The number of carbonyl (C=O) groups is 1. The molecule has 7 nitrogen and oxygen atoms in total. The lowest BCUT2D eigenvalue weighted by Gasteiger charge is -2.17. The van der Waals surface area contributed by atoms with Gasteiger partial charge in [-0.3, -0.25) is 4.79 Å². The number of rotatable bonds is 4. The van der Waals surface area contributed by atoms with Gasteiger partial charge in [0.05, 0.1) is 23.3 Å². The molecule has 1 fully saturated rings. The molecule has 0 atom stereocenters. The van der Waals surface area contributed by atoms with Crippen LogP contribution in [0.15, 0.2) is 47.1 Å². The molecule has 1 aliphatic heterocycles. The molecule has 1 saturated heterocycles. The topological polar surface area (TPSA) is 75.9 Å². The van der Waals surface area contributed by atoms with Crippen LogP contribution < -0.4 is 10.2 Å². The van der Waals surface area contributed by atoms with E-state index in [1.165, 1.54) is 12.8 Å². The number of nitrogens with one attached hydrogen (secondary N) is 1. The van der Waals surface area contributed by atoms with Crippen molar-refractivity contribution in [2.45, 2.75) is 19.8 Å². The van der Waals surface area contributed by atoms with Crippen LogP contribution in [-0.2, 0) is 0 Å². The van der Waals surface area contributed by atoms with E-state index < -0.39 is 0 Å². The fourth-order valence-corrected chi connectivity index (χ4v) is 3.58. The number of aromatic nitrogens is 4. The molecule has 0 aliphatic carbocycles. The molecule has 0 unspecified atom stereocenters. The minimum atomic E-state index is -0.324. The third-order valence-corrected chi connectivity index (χ3v) is 5.12. The van der Waals surface area contributed by atoms with E-state index in [9.17, 15) is 4.79 Å². The summed E-state index contributed by atoms with van der Waals surface area (Å²) in [6, 6.07) is 11.5. The Morgan fingerprint density at radius 1 is 1.15 bits per heavy atom. The van der Waals surface area contributed by atoms with Crippen LogP contribution in [0.5, 0.6) is 0 Å². The molecule has 1 aromatic carbocycles. The van der Waals surface area contributed by atoms with Crippen LogP contribution in [-0.4, -0.2) is 39.0 Å². The molecular weight excluding hydrogens is 408 g/mol. The zero-order valence-electron chi connectivity index (χ0n) is 14.9. The van der Waals surface area contributed by atoms with E-state index in [1.54, 1.807) is 10.9 Å². The summed E-state index contributed by atoms with van der Waals surface area (Å²) in [4.78, 5) is 19.3. The van der Waals surface area contributed by atoms with Crippen LogP contribution in [0.3, 0.4) is 0 Å². The van der Waals surface area contributed by atoms with E-state index in [0.717, 1.165) is 28.9 Å². The van der Waals surface area contributed by atoms with Crippen LogP contribution in [0.1, 0.15) is 29.0 Å². The molecule has 27 heavy (non-hydrogen) atoms. The summed E-state index contributed by atoms with van der Waals surface area (Å²) >= 11 is 3.44. The normalized spacial score (nSPS) is 13.8. The van der Waals surface area contributed by atoms with Gasteiger partial charge in [0.1, 0.15) is 5.82 Å². The minimum absolute atomic E-state index is 0.278. The van der Waals surface area contributed by atoms with Gasteiger partial charge in [0.15, 0.2) is 5.69 Å². The van der Waals surface area contributed by atoms with E-state index in [0.29, 0.717) is 11.5 Å². The predicted molar refractivity (Wildman–Crippen MR) is 107 cm³/mol. The van der Waals surface area contributed by atoms with Crippen molar-refractivity contribution in [3.63, 3.8) is 0 Å². The first kappa shape index (κ1) is 17.7. The van der Waals surface area contributed by atoms with Crippen LogP contribution in [0.2, 0.25) is 0 Å². The second-order valence-electron chi connectivity index (χ2n) is 6.47. The smallest absolute Gasteiger partial charge is 0.279 e. The maximum absolute atomic E-state index is 12.6. The van der Waals surface area contributed by atoms with Crippen molar-refractivity contribution in [2.75, 3.05) is 23.3 Å². The summed E-state index contributed by atoms with van der Waals surface area (Å²) in [5, 5.41) is 11.0. The van der Waals surface area contributed by atoms with Gasteiger partial charge >= 0.3 is 0 Å². The molecule has 0 radical (unpaired) electrons.